The van der Waals surface area contributed by atoms with Gasteiger partial charge in [0.05, 0.1) is 19.8 Å². The van der Waals surface area contributed by atoms with Crippen LogP contribution in [0.25, 0.3) is 0 Å². The maximum absolute atomic E-state index is 12.9. The van der Waals surface area contributed by atoms with Gasteiger partial charge in [0, 0.05) is 44.0 Å². The van der Waals surface area contributed by atoms with Crippen LogP contribution in [0.2, 0.25) is 0 Å². The van der Waals surface area contributed by atoms with E-state index in [2.05, 4.69) is 9.88 Å². The van der Waals surface area contributed by atoms with E-state index in [9.17, 15) is 18.0 Å². The summed E-state index contributed by atoms with van der Waals surface area (Å²) in [4.78, 5) is 19.7. The van der Waals surface area contributed by atoms with Crippen LogP contribution in [0, 0.1) is 0 Å². The maximum atomic E-state index is 12.9. The molecule has 2 atom stereocenters. The fourth-order valence-corrected chi connectivity index (χ4v) is 3.49. The van der Waals surface area contributed by atoms with Crippen molar-refractivity contribution in [2.75, 3.05) is 39.9 Å². The molecule has 2 aliphatic rings. The number of piperazine rings is 1. The van der Waals surface area contributed by atoms with Crippen molar-refractivity contribution in [3.8, 4) is 5.75 Å². The van der Waals surface area contributed by atoms with Crippen molar-refractivity contribution in [3.63, 3.8) is 0 Å². The van der Waals surface area contributed by atoms with Gasteiger partial charge in [-0.25, -0.2) is 4.79 Å². The Labute approximate surface area is 167 Å². The van der Waals surface area contributed by atoms with E-state index in [4.69, 9.17) is 14.2 Å². The molecule has 3 heterocycles. The van der Waals surface area contributed by atoms with Crippen LogP contribution in [0.3, 0.4) is 0 Å². The van der Waals surface area contributed by atoms with E-state index in [1.165, 1.54) is 13.3 Å². The standard InChI is InChI=1S/C19H26F3N3O4/c1-18(2,3)29-17(26)25-6-5-24-10-15(28-11-12(24)9-25)13-8-23-16(19(20,21)22)7-14(13)27-4/h7-8,12,15H,5-6,9-11H2,1-4H3/t12-,15-/m0/s1. The predicted octanol–water partition coefficient (Wildman–Crippen LogP) is 3.10. The van der Waals surface area contributed by atoms with Gasteiger partial charge in [-0.2, -0.15) is 13.2 Å². The van der Waals surface area contributed by atoms with E-state index in [0.29, 0.717) is 38.3 Å². The van der Waals surface area contributed by atoms with Crippen LogP contribution < -0.4 is 4.74 Å². The number of ether oxygens (including phenoxy) is 3. The normalized spacial score (nSPS) is 23.5. The number of hydrogen-bond acceptors (Lipinski definition) is 6. The summed E-state index contributed by atoms with van der Waals surface area (Å²) in [5, 5.41) is 0. The first-order valence-corrected chi connectivity index (χ1v) is 9.42. The predicted molar refractivity (Wildman–Crippen MR) is 97.7 cm³/mol. The van der Waals surface area contributed by atoms with Gasteiger partial charge in [0.1, 0.15) is 23.1 Å². The van der Waals surface area contributed by atoms with Crippen LogP contribution in [-0.4, -0.2) is 72.4 Å². The van der Waals surface area contributed by atoms with Crippen molar-refractivity contribution in [2.24, 2.45) is 0 Å². The van der Waals surface area contributed by atoms with Gasteiger partial charge >= 0.3 is 12.3 Å². The monoisotopic (exact) mass is 417 g/mol. The molecule has 2 fully saturated rings. The van der Waals surface area contributed by atoms with E-state index in [1.54, 1.807) is 4.90 Å². The molecule has 0 saturated carbocycles. The number of aromatic nitrogens is 1. The van der Waals surface area contributed by atoms with Crippen LogP contribution in [0.1, 0.15) is 38.1 Å². The summed E-state index contributed by atoms with van der Waals surface area (Å²) in [5.41, 5.74) is -1.08. The van der Waals surface area contributed by atoms with Gasteiger partial charge in [0.2, 0.25) is 0 Å². The molecule has 1 aromatic rings. The first-order chi connectivity index (χ1) is 13.5. The van der Waals surface area contributed by atoms with Gasteiger partial charge in [-0.15, -0.1) is 0 Å². The summed E-state index contributed by atoms with van der Waals surface area (Å²) in [7, 11) is 1.32. The van der Waals surface area contributed by atoms with Crippen molar-refractivity contribution in [3.05, 3.63) is 23.5 Å². The molecule has 1 aromatic heterocycles. The van der Waals surface area contributed by atoms with Crippen LogP contribution in [0.5, 0.6) is 5.75 Å². The minimum Gasteiger partial charge on any atom is -0.496 e. The number of halogens is 3. The van der Waals surface area contributed by atoms with Crippen LogP contribution in [0.4, 0.5) is 18.0 Å². The Balaban J connectivity index is 1.67. The van der Waals surface area contributed by atoms with Gasteiger partial charge in [-0.05, 0) is 20.8 Å². The largest absolute Gasteiger partial charge is 0.496 e. The first kappa shape index (κ1) is 21.6. The number of carbonyl (C=O) groups excluding carboxylic acids is 1. The van der Waals surface area contributed by atoms with Gasteiger partial charge in [-0.3, -0.25) is 9.88 Å². The Morgan fingerprint density at radius 2 is 1.97 bits per heavy atom. The smallest absolute Gasteiger partial charge is 0.433 e. The van der Waals surface area contributed by atoms with Crippen LogP contribution >= 0.6 is 0 Å². The molecule has 162 valence electrons. The summed E-state index contributed by atoms with van der Waals surface area (Å²) in [5.74, 6) is 0.100. The quantitative estimate of drug-likeness (QED) is 0.737. The Kier molecular flexibility index (Phi) is 5.96. The molecule has 2 saturated heterocycles. The van der Waals surface area contributed by atoms with E-state index in [1.807, 2.05) is 20.8 Å². The zero-order valence-corrected chi connectivity index (χ0v) is 17.0. The molecule has 0 radical (unpaired) electrons. The molecule has 0 aliphatic carbocycles. The molecular weight excluding hydrogens is 391 g/mol. The number of amides is 1. The molecular formula is C19H26F3N3O4. The highest BCUT2D eigenvalue weighted by Gasteiger charge is 2.39. The van der Waals surface area contributed by atoms with E-state index < -0.39 is 23.6 Å². The maximum Gasteiger partial charge on any atom is 0.433 e. The Morgan fingerprint density at radius 1 is 1.24 bits per heavy atom. The minimum absolute atomic E-state index is 0.000853. The zero-order chi connectivity index (χ0) is 21.4. The van der Waals surface area contributed by atoms with Crippen LogP contribution in [-0.2, 0) is 15.7 Å². The molecule has 0 N–H and O–H groups in total. The third-order valence-electron chi connectivity index (χ3n) is 4.90. The third-order valence-corrected chi connectivity index (χ3v) is 4.90. The van der Waals surface area contributed by atoms with Gasteiger partial charge < -0.3 is 19.1 Å². The average molecular weight is 417 g/mol. The van der Waals surface area contributed by atoms with Gasteiger partial charge in [-0.1, -0.05) is 0 Å². The highest BCUT2D eigenvalue weighted by Crippen LogP contribution is 2.36. The van der Waals surface area contributed by atoms with Gasteiger partial charge in [0.25, 0.3) is 0 Å². The third kappa shape index (κ3) is 5.11. The Morgan fingerprint density at radius 3 is 2.59 bits per heavy atom. The number of methoxy groups -OCH3 is 1. The van der Waals surface area contributed by atoms with E-state index in [-0.39, 0.29) is 17.9 Å². The summed E-state index contributed by atoms with van der Waals surface area (Å²) < 4.78 is 55.2. The molecule has 3 rings (SSSR count). The fraction of sp³-hybridized carbons (Fsp3) is 0.684. The number of rotatable bonds is 2. The fourth-order valence-electron chi connectivity index (χ4n) is 3.49. The van der Waals surface area contributed by atoms with Crippen molar-refractivity contribution in [1.82, 2.24) is 14.8 Å². The number of carbonyl (C=O) groups is 1. The Bertz CT molecular complexity index is 751. The molecule has 1 amide bonds. The van der Waals surface area contributed by atoms with E-state index in [0.717, 1.165) is 6.07 Å². The zero-order valence-electron chi connectivity index (χ0n) is 17.0. The second kappa shape index (κ2) is 7.98. The highest BCUT2D eigenvalue weighted by atomic mass is 19.4. The second-order valence-corrected chi connectivity index (χ2v) is 8.21. The molecule has 0 bridgehead atoms. The number of alkyl halides is 3. The summed E-state index contributed by atoms with van der Waals surface area (Å²) >= 11 is 0. The van der Waals surface area contributed by atoms with Crippen molar-refractivity contribution >= 4 is 6.09 Å². The lowest BCUT2D eigenvalue weighted by atomic mass is 10.0. The lowest BCUT2D eigenvalue weighted by Gasteiger charge is -2.46. The minimum atomic E-state index is -4.54. The molecule has 0 unspecified atom stereocenters. The van der Waals surface area contributed by atoms with Crippen molar-refractivity contribution < 1.29 is 32.2 Å². The number of fused-ring (bicyclic) bond motifs is 1. The number of pyridine rings is 1. The lowest BCUT2D eigenvalue weighted by molar-refractivity contribution is -0.141. The van der Waals surface area contributed by atoms with E-state index >= 15 is 0 Å². The summed E-state index contributed by atoms with van der Waals surface area (Å²) in [6.07, 6.45) is -4.18. The summed E-state index contributed by atoms with van der Waals surface area (Å²) in [6.45, 7) is 7.90. The number of nitrogens with zero attached hydrogens (tertiary/aromatic N) is 3. The number of morpholine rings is 1. The Hall–Kier alpha value is -2.07. The van der Waals surface area contributed by atoms with Crippen LogP contribution in [0.15, 0.2) is 12.3 Å². The molecule has 7 nitrogen and oxygen atoms in total. The first-order valence-electron chi connectivity index (χ1n) is 9.42. The molecule has 29 heavy (non-hydrogen) atoms. The van der Waals surface area contributed by atoms with Crippen molar-refractivity contribution in [2.45, 2.75) is 44.7 Å². The highest BCUT2D eigenvalue weighted by molar-refractivity contribution is 5.68. The molecule has 0 aromatic carbocycles. The molecule has 2 aliphatic heterocycles. The van der Waals surface area contributed by atoms with Gasteiger partial charge in [0.15, 0.2) is 0 Å². The molecule has 0 spiro atoms. The topological polar surface area (TPSA) is 64.1 Å². The molecule has 10 heteroatoms. The van der Waals surface area contributed by atoms with Crippen molar-refractivity contribution in [1.29, 1.82) is 0 Å². The number of hydrogen-bond donors (Lipinski definition) is 0. The SMILES string of the molecule is COc1cc(C(F)(F)F)ncc1[C@@H]1CN2CCN(C(=O)OC(C)(C)C)C[C@H]2CO1. The average Bonchev–Trinajstić information content (AvgIpc) is 2.64. The second-order valence-electron chi connectivity index (χ2n) is 8.21. The summed E-state index contributed by atoms with van der Waals surface area (Å²) in [6, 6.07) is 0.895. The lowest BCUT2D eigenvalue weighted by Crippen LogP contribution is -2.60.